The third-order valence-corrected chi connectivity index (χ3v) is 2.57. The highest BCUT2D eigenvalue weighted by atomic mass is 32.1. The van der Waals surface area contributed by atoms with Gasteiger partial charge in [-0.25, -0.2) is 4.98 Å². The summed E-state index contributed by atoms with van der Waals surface area (Å²) in [6.07, 6.45) is 4.17. The number of thiazole rings is 1. The lowest BCUT2D eigenvalue weighted by Crippen LogP contribution is -2.24. The lowest BCUT2D eigenvalue weighted by Gasteiger charge is -2.03. The Morgan fingerprint density at radius 3 is 2.69 bits per heavy atom. The molecule has 0 atom stereocenters. The summed E-state index contributed by atoms with van der Waals surface area (Å²) in [7, 11) is 0. The second-order valence-corrected chi connectivity index (χ2v) is 4.17. The average Bonchev–Trinajstić information content (AvgIpc) is 2.47. The molecule has 0 saturated heterocycles. The van der Waals surface area contributed by atoms with E-state index in [-0.39, 0.29) is 0 Å². The van der Waals surface area contributed by atoms with Crippen LogP contribution in [-0.4, -0.2) is 4.98 Å². The third kappa shape index (κ3) is 2.28. The van der Waals surface area contributed by atoms with Crippen LogP contribution in [0.1, 0.15) is 20.8 Å². The molecule has 0 unspecified atom stereocenters. The van der Waals surface area contributed by atoms with Gasteiger partial charge in [-0.15, -0.1) is 11.3 Å². The molecule has 13 heavy (non-hydrogen) atoms. The molecule has 0 fully saturated rings. The zero-order valence-electron chi connectivity index (χ0n) is 8.37. The summed E-state index contributed by atoms with van der Waals surface area (Å²) >= 11 is 1.60. The van der Waals surface area contributed by atoms with Gasteiger partial charge in [0.25, 0.3) is 0 Å². The van der Waals surface area contributed by atoms with E-state index in [0.29, 0.717) is 5.92 Å². The summed E-state index contributed by atoms with van der Waals surface area (Å²) in [5.74, 6) is 0.499. The normalized spacial score (nSPS) is 14.2. The summed E-state index contributed by atoms with van der Waals surface area (Å²) in [5, 5.41) is 1.05. The smallest absolute Gasteiger partial charge is 0.0840 e. The van der Waals surface area contributed by atoms with Crippen molar-refractivity contribution in [3.63, 3.8) is 0 Å². The predicted molar refractivity (Wildman–Crippen MR) is 59.9 cm³/mol. The Morgan fingerprint density at radius 2 is 2.31 bits per heavy atom. The van der Waals surface area contributed by atoms with Crippen molar-refractivity contribution in [2.75, 3.05) is 0 Å². The van der Waals surface area contributed by atoms with Crippen molar-refractivity contribution in [1.29, 1.82) is 0 Å². The Bertz CT molecular complexity index is 398. The molecule has 0 bridgehead atoms. The minimum atomic E-state index is 0.499. The van der Waals surface area contributed by atoms with Crippen LogP contribution in [0.4, 0.5) is 0 Å². The van der Waals surface area contributed by atoms with Crippen molar-refractivity contribution in [2.45, 2.75) is 20.8 Å². The molecule has 1 aromatic rings. The summed E-state index contributed by atoms with van der Waals surface area (Å²) in [6, 6.07) is 0. The molecule has 0 saturated carbocycles. The van der Waals surface area contributed by atoms with E-state index in [4.69, 9.17) is 0 Å². The minimum Gasteiger partial charge on any atom is -0.244 e. The molecule has 1 nitrogen and oxygen atoms in total. The van der Waals surface area contributed by atoms with Gasteiger partial charge in [0.1, 0.15) is 0 Å². The van der Waals surface area contributed by atoms with Gasteiger partial charge < -0.3 is 0 Å². The maximum absolute atomic E-state index is 4.32. The molecular formula is C11H15NS. The minimum absolute atomic E-state index is 0.499. The van der Waals surface area contributed by atoms with Gasteiger partial charge in [0.05, 0.1) is 10.9 Å². The van der Waals surface area contributed by atoms with Crippen molar-refractivity contribution >= 4 is 23.5 Å². The van der Waals surface area contributed by atoms with Crippen molar-refractivity contribution in [3.8, 4) is 0 Å². The second-order valence-electron chi connectivity index (χ2n) is 3.23. The van der Waals surface area contributed by atoms with E-state index in [1.165, 1.54) is 5.57 Å². The van der Waals surface area contributed by atoms with Crippen LogP contribution in [0, 0.1) is 5.92 Å². The van der Waals surface area contributed by atoms with Gasteiger partial charge >= 0.3 is 0 Å². The van der Waals surface area contributed by atoms with E-state index in [9.17, 15) is 0 Å². The molecule has 0 aliphatic carbocycles. The maximum Gasteiger partial charge on any atom is 0.0840 e. The standard InChI is InChI=1S/C11H15NS/c1-5-6-10(8(2)3)11-9(4)13-7-12-11/h5-8H,4H2,1-3H3/b6-5-,11-10-. The number of hydrogen-bond acceptors (Lipinski definition) is 2. The van der Waals surface area contributed by atoms with Gasteiger partial charge in [0, 0.05) is 4.53 Å². The Morgan fingerprint density at radius 1 is 1.62 bits per heavy atom. The van der Waals surface area contributed by atoms with Gasteiger partial charge in [-0.1, -0.05) is 32.6 Å². The van der Waals surface area contributed by atoms with Crippen LogP contribution < -0.4 is 9.88 Å². The fourth-order valence-corrected chi connectivity index (χ4v) is 1.80. The summed E-state index contributed by atoms with van der Waals surface area (Å²) < 4.78 is 1.06. The van der Waals surface area contributed by atoms with Crippen LogP contribution in [-0.2, 0) is 0 Å². The number of hydrogen-bond donors (Lipinski definition) is 0. The van der Waals surface area contributed by atoms with Gasteiger partial charge in [0.15, 0.2) is 0 Å². The van der Waals surface area contributed by atoms with Crippen molar-refractivity contribution < 1.29 is 0 Å². The molecule has 70 valence electrons. The fraction of sp³-hybridized carbons (Fsp3) is 0.364. The monoisotopic (exact) mass is 193 g/mol. The number of rotatable bonds is 2. The third-order valence-electron chi connectivity index (χ3n) is 1.88. The summed E-state index contributed by atoms with van der Waals surface area (Å²) in [6.45, 7) is 10.3. The number of nitrogens with zero attached hydrogens (tertiary/aromatic N) is 1. The molecule has 1 rings (SSSR count). The molecule has 0 aliphatic heterocycles. The Hall–Kier alpha value is -0.890. The highest BCUT2D eigenvalue weighted by Crippen LogP contribution is 2.09. The van der Waals surface area contributed by atoms with E-state index in [2.05, 4.69) is 31.5 Å². The Labute approximate surface area is 83.1 Å². The summed E-state index contributed by atoms with van der Waals surface area (Å²) in [4.78, 5) is 4.32. The van der Waals surface area contributed by atoms with Gasteiger partial charge in [-0.05, 0) is 18.4 Å². The topological polar surface area (TPSA) is 12.9 Å². The van der Waals surface area contributed by atoms with E-state index in [1.807, 2.05) is 18.5 Å². The van der Waals surface area contributed by atoms with Crippen LogP contribution in [0.2, 0.25) is 0 Å². The highest BCUT2D eigenvalue weighted by molar-refractivity contribution is 7.07. The first kappa shape index (κ1) is 10.2. The molecule has 0 radical (unpaired) electrons. The van der Waals surface area contributed by atoms with Crippen LogP contribution in [0.5, 0.6) is 0 Å². The van der Waals surface area contributed by atoms with Gasteiger partial charge in [-0.3, -0.25) is 0 Å². The zero-order chi connectivity index (χ0) is 9.84. The van der Waals surface area contributed by atoms with Crippen LogP contribution in [0.25, 0.3) is 12.2 Å². The molecular weight excluding hydrogens is 178 g/mol. The lowest BCUT2D eigenvalue weighted by molar-refractivity contribution is 0.850. The van der Waals surface area contributed by atoms with Gasteiger partial charge in [0.2, 0.25) is 0 Å². The van der Waals surface area contributed by atoms with E-state index < -0.39 is 0 Å². The second kappa shape index (κ2) is 4.38. The van der Waals surface area contributed by atoms with Gasteiger partial charge in [-0.2, -0.15) is 0 Å². The first-order valence-corrected chi connectivity index (χ1v) is 5.30. The molecule has 1 heterocycles. The van der Waals surface area contributed by atoms with E-state index in [1.54, 1.807) is 11.3 Å². The number of aromatic nitrogens is 1. The fourth-order valence-electron chi connectivity index (χ4n) is 1.23. The van der Waals surface area contributed by atoms with Crippen LogP contribution in [0.3, 0.4) is 0 Å². The summed E-state index contributed by atoms with van der Waals surface area (Å²) in [5.41, 5.74) is 3.12. The molecule has 2 heteroatoms. The van der Waals surface area contributed by atoms with Crippen molar-refractivity contribution in [2.24, 2.45) is 5.92 Å². The predicted octanol–water partition coefficient (Wildman–Crippen LogP) is 1.94. The highest BCUT2D eigenvalue weighted by Gasteiger charge is 2.01. The average molecular weight is 193 g/mol. The lowest BCUT2D eigenvalue weighted by atomic mass is 10.0. The van der Waals surface area contributed by atoms with Crippen LogP contribution in [0.15, 0.2) is 17.7 Å². The molecule has 0 aromatic carbocycles. The Kier molecular flexibility index (Phi) is 3.43. The molecule has 1 aromatic heterocycles. The number of allylic oxidation sites excluding steroid dienone is 2. The van der Waals surface area contributed by atoms with E-state index >= 15 is 0 Å². The molecule has 0 amide bonds. The SMILES string of the molecule is C=c1scn/c1=C(/C=C\C)C(C)C. The van der Waals surface area contributed by atoms with E-state index in [0.717, 1.165) is 9.88 Å². The molecule has 0 aliphatic rings. The van der Waals surface area contributed by atoms with Crippen LogP contribution >= 0.6 is 11.3 Å². The maximum atomic E-state index is 4.32. The largest absolute Gasteiger partial charge is 0.244 e. The van der Waals surface area contributed by atoms with Crippen molar-refractivity contribution in [3.05, 3.63) is 27.5 Å². The Balaban J connectivity index is 3.43. The quantitative estimate of drug-likeness (QED) is 0.699. The van der Waals surface area contributed by atoms with Crippen molar-refractivity contribution in [1.82, 2.24) is 4.98 Å². The zero-order valence-corrected chi connectivity index (χ0v) is 9.19. The first-order valence-electron chi connectivity index (χ1n) is 4.42. The molecule has 0 N–H and O–H groups in total. The first-order chi connectivity index (χ1) is 6.16. The molecule has 0 spiro atoms.